The Morgan fingerprint density at radius 2 is 2.12 bits per heavy atom. The van der Waals surface area contributed by atoms with Gasteiger partial charge in [0.1, 0.15) is 0 Å². The third kappa shape index (κ3) is 7.52. The fourth-order valence-corrected chi connectivity index (χ4v) is 3.73. The molecule has 1 unspecified atom stereocenters. The van der Waals surface area contributed by atoms with Gasteiger partial charge in [0.25, 0.3) is 0 Å². The van der Waals surface area contributed by atoms with Crippen LogP contribution in [0.15, 0.2) is 29.3 Å². The standard InChI is InChI=1S/C18H22NO2S2.Yb/c1-4-13(2)9-10-21-17(20)11-15-7-5-6-8-16(15)19-18-22-12-14(3)23-18;/h5-8,13H,4,9-11H2,1-3H3;/q-1;. The molecule has 0 radical (unpaired) electrons. The van der Waals surface area contributed by atoms with Crippen LogP contribution in [0, 0.1) is 65.1 Å². The van der Waals surface area contributed by atoms with E-state index in [1.807, 2.05) is 31.2 Å². The molecule has 2 aromatic rings. The Kier molecular flexibility index (Phi) is 10.7. The number of nitrogens with zero attached hydrogens (tertiary/aromatic N) is 1. The van der Waals surface area contributed by atoms with E-state index in [2.05, 4.69) is 24.2 Å². The Hall–Kier alpha value is 0.0595. The van der Waals surface area contributed by atoms with E-state index in [1.54, 1.807) is 11.3 Å². The van der Waals surface area contributed by atoms with E-state index in [1.165, 1.54) is 11.3 Å². The third-order valence-corrected chi connectivity index (χ3v) is 5.61. The summed E-state index contributed by atoms with van der Waals surface area (Å²) in [5.41, 5.74) is 1.73. The number of aryl methyl sites for hydroxylation is 1. The van der Waals surface area contributed by atoms with Crippen molar-refractivity contribution in [1.82, 2.24) is 0 Å². The van der Waals surface area contributed by atoms with Crippen LogP contribution in [0.1, 0.15) is 37.1 Å². The number of esters is 1. The molecule has 1 heterocycles. The largest absolute Gasteiger partial charge is 0.465 e. The Bertz CT molecular complexity index is 709. The quantitative estimate of drug-likeness (QED) is 0.392. The molecule has 1 atom stereocenters. The Morgan fingerprint density at radius 3 is 2.79 bits per heavy atom. The smallest absolute Gasteiger partial charge is 0.310 e. The summed E-state index contributed by atoms with van der Waals surface area (Å²) >= 11 is 3.11. The average Bonchev–Trinajstić information content (AvgIpc) is 2.94. The third-order valence-electron chi connectivity index (χ3n) is 3.63. The SMILES string of the molecule is CCC(C)CCOC(=O)Cc1ccccc1N=c1s[c-]c(C)s1.[Yb]. The van der Waals surface area contributed by atoms with E-state index in [9.17, 15) is 4.79 Å². The molecular weight excluding hydrogens is 499 g/mol. The summed E-state index contributed by atoms with van der Waals surface area (Å²) in [5.74, 6) is 0.401. The van der Waals surface area contributed by atoms with Crippen LogP contribution in [-0.4, -0.2) is 12.6 Å². The maximum atomic E-state index is 12.0. The van der Waals surface area contributed by atoms with Gasteiger partial charge >= 0.3 is 5.97 Å². The zero-order valence-electron chi connectivity index (χ0n) is 14.1. The van der Waals surface area contributed by atoms with E-state index < -0.39 is 0 Å². The molecular formula is C18H22NO2S2Yb-. The average molecular weight is 522 g/mol. The summed E-state index contributed by atoms with van der Waals surface area (Å²) in [7, 11) is 0. The van der Waals surface area contributed by atoms with Crippen LogP contribution in [0.2, 0.25) is 0 Å². The molecule has 24 heavy (non-hydrogen) atoms. The Balaban J connectivity index is 0.00000288. The first-order valence-electron chi connectivity index (χ1n) is 7.85. The minimum absolute atomic E-state index is 0. The maximum Gasteiger partial charge on any atom is 0.310 e. The fourth-order valence-electron chi connectivity index (χ4n) is 1.99. The van der Waals surface area contributed by atoms with Crippen LogP contribution in [0.5, 0.6) is 0 Å². The minimum atomic E-state index is -0.187. The van der Waals surface area contributed by atoms with Crippen LogP contribution in [0.4, 0.5) is 5.69 Å². The van der Waals surface area contributed by atoms with Gasteiger partial charge in [0.15, 0.2) is 0 Å². The number of hydrogen-bond acceptors (Lipinski definition) is 5. The normalized spacial score (nSPS) is 12.5. The van der Waals surface area contributed by atoms with Crippen LogP contribution in [-0.2, 0) is 16.0 Å². The van der Waals surface area contributed by atoms with Crippen molar-refractivity contribution in [3.05, 3.63) is 44.1 Å². The molecule has 0 spiro atoms. The molecule has 6 heteroatoms. The molecule has 1 aromatic carbocycles. The molecule has 0 saturated carbocycles. The number of carbonyl (C=O) groups excluding carboxylic acids is 1. The predicted octanol–water partition coefficient (Wildman–Crippen LogP) is 4.67. The van der Waals surface area contributed by atoms with Gasteiger partial charge in [-0.3, -0.25) is 4.79 Å². The first kappa shape index (κ1) is 22.1. The molecule has 0 fully saturated rings. The van der Waals surface area contributed by atoms with Crippen molar-refractivity contribution in [2.75, 3.05) is 6.61 Å². The van der Waals surface area contributed by atoms with Gasteiger partial charge in [0, 0.05) is 56.6 Å². The van der Waals surface area contributed by atoms with Gasteiger partial charge in [-0.1, -0.05) is 43.3 Å². The maximum absolute atomic E-state index is 12.0. The van der Waals surface area contributed by atoms with Crippen LogP contribution >= 0.6 is 22.7 Å². The van der Waals surface area contributed by atoms with Gasteiger partial charge < -0.3 is 21.1 Å². The van der Waals surface area contributed by atoms with E-state index in [0.29, 0.717) is 12.5 Å². The summed E-state index contributed by atoms with van der Waals surface area (Å²) in [4.78, 5) is 17.8. The van der Waals surface area contributed by atoms with Crippen LogP contribution in [0.25, 0.3) is 0 Å². The molecule has 0 saturated heterocycles. The van der Waals surface area contributed by atoms with Crippen molar-refractivity contribution < 1.29 is 56.5 Å². The number of ether oxygens (including phenoxy) is 1. The summed E-state index contributed by atoms with van der Waals surface area (Å²) in [6, 6.07) is 7.73. The summed E-state index contributed by atoms with van der Waals surface area (Å²) in [6.45, 7) is 6.83. The number of carbonyl (C=O) groups is 1. The van der Waals surface area contributed by atoms with Gasteiger partial charge in [-0.05, 0) is 30.9 Å². The molecule has 1 aromatic heterocycles. The first-order chi connectivity index (χ1) is 11.1. The molecule has 0 bridgehead atoms. The van der Waals surface area contributed by atoms with Crippen molar-refractivity contribution in [3.8, 4) is 0 Å². The van der Waals surface area contributed by atoms with E-state index in [4.69, 9.17) is 4.74 Å². The second-order valence-electron chi connectivity index (χ2n) is 5.57. The van der Waals surface area contributed by atoms with E-state index >= 15 is 0 Å². The van der Waals surface area contributed by atoms with Gasteiger partial charge in [-0.2, -0.15) is 5.38 Å². The molecule has 0 aliphatic carbocycles. The van der Waals surface area contributed by atoms with Crippen LogP contribution in [0.3, 0.4) is 0 Å². The Morgan fingerprint density at radius 1 is 1.38 bits per heavy atom. The summed E-state index contributed by atoms with van der Waals surface area (Å²) in [5, 5.41) is 3.17. The molecule has 0 N–H and O–H groups in total. The molecule has 0 aliphatic rings. The number of hydrogen-bond donors (Lipinski definition) is 0. The molecule has 0 amide bonds. The van der Waals surface area contributed by atoms with Gasteiger partial charge in [-0.25, -0.2) is 11.3 Å². The van der Waals surface area contributed by atoms with Gasteiger partial charge in [-0.15, -0.1) is 0 Å². The summed E-state index contributed by atoms with van der Waals surface area (Å²) in [6.07, 6.45) is 2.29. The fraction of sp³-hybridized carbons (Fsp3) is 0.444. The van der Waals surface area contributed by atoms with Crippen molar-refractivity contribution in [2.24, 2.45) is 10.9 Å². The predicted molar refractivity (Wildman–Crippen MR) is 96.2 cm³/mol. The van der Waals surface area contributed by atoms with Crippen molar-refractivity contribution >= 4 is 34.3 Å². The molecule has 3 nitrogen and oxygen atoms in total. The molecule has 0 aliphatic heterocycles. The first-order valence-corrected chi connectivity index (χ1v) is 9.48. The van der Waals surface area contributed by atoms with Crippen LogP contribution < -0.4 is 3.98 Å². The zero-order chi connectivity index (χ0) is 16.7. The molecule has 2 rings (SSSR count). The monoisotopic (exact) mass is 522 g/mol. The van der Waals surface area contributed by atoms with E-state index in [-0.39, 0.29) is 59.3 Å². The molecule has 138 valence electrons. The van der Waals surface area contributed by atoms with Crippen molar-refractivity contribution in [1.29, 1.82) is 0 Å². The number of benzene rings is 1. The van der Waals surface area contributed by atoms with E-state index in [0.717, 1.165) is 33.0 Å². The Labute approximate surface area is 190 Å². The summed E-state index contributed by atoms with van der Waals surface area (Å²) < 4.78 is 6.29. The second-order valence-corrected chi connectivity index (χ2v) is 7.82. The van der Waals surface area contributed by atoms with Gasteiger partial charge in [0.2, 0.25) is 0 Å². The topological polar surface area (TPSA) is 38.7 Å². The van der Waals surface area contributed by atoms with Crippen molar-refractivity contribution in [2.45, 2.75) is 40.0 Å². The van der Waals surface area contributed by atoms with Crippen molar-refractivity contribution in [3.63, 3.8) is 0 Å². The van der Waals surface area contributed by atoms with Gasteiger partial charge in [0.05, 0.1) is 13.0 Å². The second kappa shape index (κ2) is 11.6. The number of para-hydroxylation sites is 1. The minimum Gasteiger partial charge on any atom is -0.465 e. The zero-order valence-corrected chi connectivity index (χ0v) is 17.4. The number of rotatable bonds is 7.